The Morgan fingerprint density at radius 1 is 0.612 bits per heavy atom. The topological polar surface area (TPSA) is 102 Å². The second kappa shape index (κ2) is 32.5. The van der Waals surface area contributed by atoms with Crippen LogP contribution in [0.4, 0.5) is 0 Å². The molecule has 0 heterocycles. The number of rotatable bonds is 33. The van der Waals surface area contributed by atoms with Gasteiger partial charge in [-0.25, -0.2) is 0 Å². The number of aliphatic carboxylic acids is 1. The fourth-order valence-electron chi connectivity index (χ4n) is 5.26. The van der Waals surface area contributed by atoms with Gasteiger partial charge in [0.1, 0.15) is 12.6 Å². The number of esters is 2. The van der Waals surface area contributed by atoms with E-state index in [4.69, 9.17) is 14.2 Å². The van der Waals surface area contributed by atoms with E-state index < -0.39 is 18.1 Å². The molecule has 0 rings (SSSR count). The highest BCUT2D eigenvalue weighted by Crippen LogP contribution is 2.12. The average molecular weight is 690 g/mol. The second-order valence-corrected chi connectivity index (χ2v) is 13.9. The van der Waals surface area contributed by atoms with Gasteiger partial charge in [-0.15, -0.1) is 0 Å². The highest BCUT2D eigenvalue weighted by Gasteiger charge is 2.25. The quantitative estimate of drug-likeness (QED) is 0.0295. The van der Waals surface area contributed by atoms with E-state index in [1.54, 1.807) is 21.1 Å². The minimum absolute atomic E-state index is 0.0322. The third-order valence-corrected chi connectivity index (χ3v) is 8.31. The molecule has 0 fully saturated rings. The van der Waals surface area contributed by atoms with Gasteiger partial charge in [0.25, 0.3) is 0 Å². The van der Waals surface area contributed by atoms with Crippen LogP contribution in [0, 0.1) is 0 Å². The summed E-state index contributed by atoms with van der Waals surface area (Å²) in [7, 11) is 5.38. The molecule has 0 saturated heterocycles. The van der Waals surface area contributed by atoms with Crippen molar-refractivity contribution in [2.45, 2.75) is 154 Å². The number of carboxylic acid groups (broad SMARTS) is 1. The van der Waals surface area contributed by atoms with Gasteiger partial charge in [-0.2, -0.15) is 0 Å². The van der Waals surface area contributed by atoms with Crippen molar-refractivity contribution in [3.05, 3.63) is 48.6 Å². The van der Waals surface area contributed by atoms with Gasteiger partial charge in [0.2, 0.25) is 0 Å². The zero-order valence-electron chi connectivity index (χ0n) is 31.8. The van der Waals surface area contributed by atoms with Gasteiger partial charge in [0, 0.05) is 19.3 Å². The van der Waals surface area contributed by atoms with Crippen LogP contribution >= 0.6 is 0 Å². The molecule has 0 saturated carbocycles. The zero-order valence-corrected chi connectivity index (χ0v) is 31.8. The number of hydrogen-bond acceptors (Lipinski definition) is 7. The molecule has 0 bridgehead atoms. The molecule has 49 heavy (non-hydrogen) atoms. The number of allylic oxidation sites excluding steroid dienone is 8. The maximum absolute atomic E-state index is 12.5. The molecule has 0 aliphatic heterocycles. The maximum Gasteiger partial charge on any atom is 0.306 e. The SMILES string of the molecule is CCCCC/C=C/C=C/C=C/C=C/CCCCCCCC(=O)OCC(COCCC(C(=O)[O-])[N+](C)(C)C)OC(=O)CCCCCCCCC. The first kappa shape index (κ1) is 46.3. The van der Waals surface area contributed by atoms with Crippen LogP contribution in [0.3, 0.4) is 0 Å². The predicted octanol–water partition coefficient (Wildman–Crippen LogP) is 8.35. The van der Waals surface area contributed by atoms with E-state index in [-0.39, 0.29) is 42.7 Å². The summed E-state index contributed by atoms with van der Waals surface area (Å²) in [5.41, 5.74) is 0. The first-order valence-electron chi connectivity index (χ1n) is 19.2. The van der Waals surface area contributed by atoms with Gasteiger partial charge < -0.3 is 28.6 Å². The number of carbonyl (C=O) groups excluding carboxylic acids is 3. The number of hydrogen-bond donors (Lipinski definition) is 0. The molecule has 0 aromatic rings. The summed E-state index contributed by atoms with van der Waals surface area (Å²) in [5, 5.41) is 11.5. The molecule has 282 valence electrons. The number of carbonyl (C=O) groups is 3. The standard InChI is InChI=1S/C41H71NO7/c1-6-8-10-12-14-15-16-17-18-19-20-21-22-23-24-26-27-29-31-39(43)48-36-37(35-47-34-33-38(41(45)46)42(3,4)5)49-40(44)32-30-28-25-13-11-9-7-2/h14-21,37-38H,6-13,22-36H2,1-5H3/b15-14+,17-16+,19-18+,21-20+. The van der Waals surface area contributed by atoms with Crippen LogP contribution in [-0.4, -0.2) is 75.5 Å². The lowest BCUT2D eigenvalue weighted by Gasteiger charge is -2.34. The van der Waals surface area contributed by atoms with Crippen molar-refractivity contribution in [3.8, 4) is 0 Å². The molecule has 0 amide bonds. The third-order valence-electron chi connectivity index (χ3n) is 8.31. The van der Waals surface area contributed by atoms with E-state index in [9.17, 15) is 19.5 Å². The molecule has 0 spiro atoms. The van der Waals surface area contributed by atoms with Gasteiger partial charge in [-0.3, -0.25) is 9.59 Å². The number of ether oxygens (including phenoxy) is 3. The molecule has 0 aliphatic carbocycles. The summed E-state index contributed by atoms with van der Waals surface area (Å²) in [6.45, 7) is 4.53. The molecule has 0 aromatic heterocycles. The van der Waals surface area contributed by atoms with Crippen LogP contribution in [0.5, 0.6) is 0 Å². The Morgan fingerprint density at radius 2 is 1.08 bits per heavy atom. The molecule has 2 unspecified atom stereocenters. The lowest BCUT2D eigenvalue weighted by Crippen LogP contribution is -2.55. The predicted molar refractivity (Wildman–Crippen MR) is 199 cm³/mol. The third kappa shape index (κ3) is 31.0. The van der Waals surface area contributed by atoms with Gasteiger partial charge in [0.05, 0.1) is 40.3 Å². The van der Waals surface area contributed by atoms with Crippen LogP contribution in [-0.2, 0) is 28.6 Å². The lowest BCUT2D eigenvalue weighted by molar-refractivity contribution is -0.889. The van der Waals surface area contributed by atoms with Crippen molar-refractivity contribution >= 4 is 17.9 Å². The van der Waals surface area contributed by atoms with Crippen molar-refractivity contribution in [3.63, 3.8) is 0 Å². The minimum Gasteiger partial charge on any atom is -0.544 e. The molecular formula is C41H71NO7. The second-order valence-electron chi connectivity index (χ2n) is 13.9. The van der Waals surface area contributed by atoms with E-state index in [0.29, 0.717) is 12.8 Å². The molecule has 8 nitrogen and oxygen atoms in total. The van der Waals surface area contributed by atoms with Crippen molar-refractivity contribution < 1.29 is 38.2 Å². The molecule has 0 radical (unpaired) electrons. The first-order chi connectivity index (χ1) is 23.6. The van der Waals surface area contributed by atoms with Crippen LogP contribution in [0.1, 0.15) is 142 Å². The maximum atomic E-state index is 12.5. The van der Waals surface area contributed by atoms with Crippen LogP contribution in [0.25, 0.3) is 0 Å². The van der Waals surface area contributed by atoms with Crippen LogP contribution in [0.2, 0.25) is 0 Å². The summed E-state index contributed by atoms with van der Waals surface area (Å²) in [5.74, 6) is -1.78. The normalized spacial score (nSPS) is 13.6. The summed E-state index contributed by atoms with van der Waals surface area (Å²) in [4.78, 5) is 36.5. The highest BCUT2D eigenvalue weighted by molar-refractivity contribution is 5.70. The number of carboxylic acids is 1. The fraction of sp³-hybridized carbons (Fsp3) is 0.732. The van der Waals surface area contributed by atoms with Gasteiger partial charge in [-0.05, 0) is 38.5 Å². The highest BCUT2D eigenvalue weighted by atomic mass is 16.6. The summed E-state index contributed by atoms with van der Waals surface area (Å²) < 4.78 is 17.0. The Bertz CT molecular complexity index is 948. The summed E-state index contributed by atoms with van der Waals surface area (Å²) in [6.07, 6.45) is 35.7. The van der Waals surface area contributed by atoms with Gasteiger partial charge >= 0.3 is 11.9 Å². The molecule has 8 heteroatoms. The molecule has 0 aliphatic rings. The summed E-state index contributed by atoms with van der Waals surface area (Å²) in [6, 6.07) is -0.727. The monoisotopic (exact) mass is 690 g/mol. The zero-order chi connectivity index (χ0) is 36.4. The average Bonchev–Trinajstić information content (AvgIpc) is 3.05. The van der Waals surface area contributed by atoms with Crippen molar-refractivity contribution in [1.29, 1.82) is 0 Å². The minimum atomic E-state index is -1.13. The Labute approximate surface area is 299 Å². The smallest absolute Gasteiger partial charge is 0.306 e. The van der Waals surface area contributed by atoms with Gasteiger partial charge in [-0.1, -0.05) is 133 Å². The Balaban J connectivity index is 4.37. The largest absolute Gasteiger partial charge is 0.544 e. The van der Waals surface area contributed by atoms with E-state index in [1.165, 1.54) is 44.9 Å². The summed E-state index contributed by atoms with van der Waals surface area (Å²) >= 11 is 0. The number of nitrogens with zero attached hydrogens (tertiary/aromatic N) is 1. The first-order valence-corrected chi connectivity index (χ1v) is 19.2. The van der Waals surface area contributed by atoms with Crippen molar-refractivity contribution in [2.75, 3.05) is 41.0 Å². The number of likely N-dealkylation sites (N-methyl/N-ethyl adjacent to an activating group) is 1. The lowest BCUT2D eigenvalue weighted by atomic mass is 10.1. The van der Waals surface area contributed by atoms with Gasteiger partial charge in [0.15, 0.2) is 6.10 Å². The fourth-order valence-corrected chi connectivity index (χ4v) is 5.26. The molecule has 0 N–H and O–H groups in total. The molecule has 2 atom stereocenters. The number of quaternary nitrogens is 1. The number of unbranched alkanes of at least 4 members (excludes halogenated alkanes) is 14. The van der Waals surface area contributed by atoms with E-state index in [2.05, 4.69) is 56.4 Å². The van der Waals surface area contributed by atoms with E-state index in [1.807, 2.05) is 6.08 Å². The molecule has 0 aromatic carbocycles. The Morgan fingerprint density at radius 3 is 1.63 bits per heavy atom. The Kier molecular flexibility index (Phi) is 30.7. The van der Waals surface area contributed by atoms with Crippen LogP contribution in [0.15, 0.2) is 48.6 Å². The molecular weight excluding hydrogens is 618 g/mol. The van der Waals surface area contributed by atoms with E-state index in [0.717, 1.165) is 64.2 Å². The van der Waals surface area contributed by atoms with Crippen molar-refractivity contribution in [2.24, 2.45) is 0 Å². The van der Waals surface area contributed by atoms with Crippen LogP contribution < -0.4 is 5.11 Å². The Hall–Kier alpha value is -2.71. The van der Waals surface area contributed by atoms with Crippen molar-refractivity contribution in [1.82, 2.24) is 0 Å². The van der Waals surface area contributed by atoms with E-state index >= 15 is 0 Å².